The Balaban J connectivity index is 1.73. The smallest absolute Gasteiger partial charge is 0.323 e. The van der Waals surface area contributed by atoms with E-state index in [-0.39, 0.29) is 12.8 Å². The predicted octanol–water partition coefficient (Wildman–Crippen LogP) is 2.68. The van der Waals surface area contributed by atoms with Gasteiger partial charge in [-0.1, -0.05) is 24.3 Å². The second kappa shape index (κ2) is 6.35. The molecule has 2 atom stereocenters. The minimum atomic E-state index is -0.543. The fourth-order valence-corrected chi connectivity index (χ4v) is 4.09. The van der Waals surface area contributed by atoms with Crippen molar-refractivity contribution in [1.29, 1.82) is 0 Å². The van der Waals surface area contributed by atoms with Gasteiger partial charge in [-0.05, 0) is 29.3 Å². The summed E-state index contributed by atoms with van der Waals surface area (Å²) in [6.45, 7) is 0.170. The Kier molecular flexibility index (Phi) is 3.80. The number of nitrogens with one attached hydrogen (secondary N) is 1. The maximum Gasteiger partial charge on any atom is 0.323 e. The molecule has 28 heavy (non-hydrogen) atoms. The topological polar surface area (TPSA) is 91.2 Å². The van der Waals surface area contributed by atoms with Gasteiger partial charge in [0.2, 0.25) is 6.79 Å². The van der Waals surface area contributed by atoms with Crippen LogP contribution >= 0.6 is 0 Å². The van der Waals surface area contributed by atoms with Gasteiger partial charge in [-0.15, -0.1) is 4.91 Å². The van der Waals surface area contributed by atoms with E-state index in [4.69, 9.17) is 14.2 Å². The minimum absolute atomic E-state index is 0.170. The molecular weight excluding hydrogens is 362 g/mol. The van der Waals surface area contributed by atoms with Gasteiger partial charge in [0, 0.05) is 11.8 Å². The third-order valence-electron chi connectivity index (χ3n) is 5.34. The number of methoxy groups -OCH3 is 1. The Morgan fingerprint density at radius 3 is 2.86 bits per heavy atom. The summed E-state index contributed by atoms with van der Waals surface area (Å²) in [7, 11) is 1.37. The van der Waals surface area contributed by atoms with Gasteiger partial charge in [0.05, 0.1) is 29.6 Å². The van der Waals surface area contributed by atoms with Crippen LogP contribution in [0.2, 0.25) is 0 Å². The Labute approximate surface area is 159 Å². The third-order valence-corrected chi connectivity index (χ3v) is 5.34. The quantitative estimate of drug-likeness (QED) is 0.556. The summed E-state index contributed by atoms with van der Waals surface area (Å²) in [6.07, 6.45) is 0.409. The van der Waals surface area contributed by atoms with Gasteiger partial charge in [0.1, 0.15) is 6.04 Å². The first-order valence-electron chi connectivity index (χ1n) is 8.90. The molecule has 3 aromatic rings. The zero-order valence-electron chi connectivity index (χ0n) is 15.0. The van der Waals surface area contributed by atoms with Crippen LogP contribution in [0.4, 0.5) is 0 Å². The monoisotopic (exact) mass is 379 g/mol. The molecule has 1 aromatic heterocycles. The van der Waals surface area contributed by atoms with E-state index in [1.165, 1.54) is 11.8 Å². The van der Waals surface area contributed by atoms with Crippen molar-refractivity contribution in [3.8, 4) is 11.5 Å². The Morgan fingerprint density at radius 2 is 2.04 bits per heavy atom. The molecule has 0 saturated heterocycles. The predicted molar refractivity (Wildman–Crippen MR) is 100 cm³/mol. The van der Waals surface area contributed by atoms with Crippen molar-refractivity contribution in [1.82, 2.24) is 9.99 Å². The molecule has 0 aliphatic carbocycles. The van der Waals surface area contributed by atoms with Crippen LogP contribution in [0.5, 0.6) is 11.5 Å². The maximum atomic E-state index is 12.3. The minimum Gasteiger partial charge on any atom is -0.468 e. The summed E-state index contributed by atoms with van der Waals surface area (Å²) in [6, 6.07) is 12.1. The normalized spacial score (nSPS) is 20.0. The van der Waals surface area contributed by atoms with Crippen LogP contribution in [0.25, 0.3) is 10.9 Å². The van der Waals surface area contributed by atoms with Gasteiger partial charge in [0.15, 0.2) is 11.5 Å². The summed E-state index contributed by atoms with van der Waals surface area (Å²) < 4.78 is 17.3. The summed E-state index contributed by atoms with van der Waals surface area (Å²) >= 11 is 0. The van der Waals surface area contributed by atoms with Crippen molar-refractivity contribution in [2.24, 2.45) is 5.29 Å². The molecule has 2 aromatic carbocycles. The number of nitrogens with zero attached hydrogens (tertiary/aromatic N) is 2. The van der Waals surface area contributed by atoms with E-state index in [1.54, 1.807) is 0 Å². The standard InChI is InChI=1S/C20H17N3O5/c1-26-20(24)14-9-13-12-4-2-3-5-15(12)23(22-25)19(13)18(21-14)11-6-7-16-17(8-11)28-10-27-16/h2-8,14,18,21H,9-10H2,1H3/t14-,18+/m0/s1. The molecule has 0 fully saturated rings. The number of esters is 1. The van der Waals surface area contributed by atoms with E-state index >= 15 is 0 Å². The van der Waals surface area contributed by atoms with Crippen molar-refractivity contribution in [3.05, 3.63) is 64.2 Å². The van der Waals surface area contributed by atoms with Crippen LogP contribution in [-0.2, 0) is 16.0 Å². The summed E-state index contributed by atoms with van der Waals surface area (Å²) in [5.74, 6) is 0.938. The average molecular weight is 379 g/mol. The number of carbonyl (C=O) groups is 1. The number of ether oxygens (including phenoxy) is 3. The fraction of sp³-hybridized carbons (Fsp3) is 0.250. The summed E-state index contributed by atoms with van der Waals surface area (Å²) in [5, 5.41) is 7.48. The Bertz CT molecular complexity index is 1110. The molecule has 2 aliphatic rings. The molecule has 0 amide bonds. The van der Waals surface area contributed by atoms with Crippen LogP contribution in [0.3, 0.4) is 0 Å². The number of fused-ring (bicyclic) bond motifs is 4. The van der Waals surface area contributed by atoms with Gasteiger partial charge in [-0.3, -0.25) is 10.1 Å². The first-order valence-corrected chi connectivity index (χ1v) is 8.90. The number of benzene rings is 2. The van der Waals surface area contributed by atoms with Gasteiger partial charge in [-0.2, -0.15) is 4.68 Å². The molecule has 0 unspecified atom stereocenters. The lowest BCUT2D eigenvalue weighted by atomic mass is 9.90. The highest BCUT2D eigenvalue weighted by Crippen LogP contribution is 2.41. The van der Waals surface area contributed by atoms with Crippen LogP contribution in [0.1, 0.15) is 22.9 Å². The molecule has 8 nitrogen and oxygen atoms in total. The number of rotatable bonds is 3. The van der Waals surface area contributed by atoms with Crippen molar-refractivity contribution < 1.29 is 19.0 Å². The number of hydrogen-bond donors (Lipinski definition) is 1. The van der Waals surface area contributed by atoms with E-state index in [0.29, 0.717) is 23.4 Å². The number of hydrogen-bond acceptors (Lipinski definition) is 7. The van der Waals surface area contributed by atoms with E-state index < -0.39 is 12.1 Å². The SMILES string of the molecule is COC(=O)[C@@H]1Cc2c(n(N=O)c3ccccc23)[C@@H](c2ccc3c(c2)OCO3)N1. The molecule has 0 saturated carbocycles. The van der Waals surface area contributed by atoms with E-state index in [2.05, 4.69) is 10.6 Å². The molecule has 8 heteroatoms. The molecule has 2 aliphatic heterocycles. The third kappa shape index (κ3) is 2.38. The highest BCUT2D eigenvalue weighted by atomic mass is 16.7. The first-order chi connectivity index (χ1) is 13.7. The van der Waals surface area contributed by atoms with Gasteiger partial charge in [-0.25, -0.2) is 0 Å². The van der Waals surface area contributed by atoms with E-state index in [9.17, 15) is 9.70 Å². The first kappa shape index (κ1) is 16.8. The number of para-hydroxylation sites is 1. The Morgan fingerprint density at radius 1 is 1.21 bits per heavy atom. The van der Waals surface area contributed by atoms with Crippen LogP contribution in [0.15, 0.2) is 47.8 Å². The largest absolute Gasteiger partial charge is 0.468 e. The summed E-state index contributed by atoms with van der Waals surface area (Å²) in [5.41, 5.74) is 3.18. The molecule has 5 rings (SSSR count). The zero-order valence-corrected chi connectivity index (χ0v) is 15.0. The second-order valence-electron chi connectivity index (χ2n) is 6.77. The second-order valence-corrected chi connectivity index (χ2v) is 6.77. The molecule has 0 radical (unpaired) electrons. The highest BCUT2D eigenvalue weighted by Gasteiger charge is 2.37. The zero-order chi connectivity index (χ0) is 19.3. The van der Waals surface area contributed by atoms with Crippen molar-refractivity contribution >= 4 is 16.9 Å². The molecule has 0 bridgehead atoms. The lowest BCUT2D eigenvalue weighted by Gasteiger charge is -2.30. The van der Waals surface area contributed by atoms with Crippen LogP contribution in [-0.4, -0.2) is 30.6 Å². The maximum absolute atomic E-state index is 12.3. The van der Waals surface area contributed by atoms with Gasteiger partial charge < -0.3 is 14.2 Å². The van der Waals surface area contributed by atoms with Gasteiger partial charge >= 0.3 is 5.97 Å². The van der Waals surface area contributed by atoms with Crippen molar-refractivity contribution in [2.45, 2.75) is 18.5 Å². The average Bonchev–Trinajstić information content (AvgIpc) is 3.34. The van der Waals surface area contributed by atoms with Crippen LogP contribution < -0.4 is 14.8 Å². The highest BCUT2D eigenvalue weighted by molar-refractivity contribution is 5.88. The lowest BCUT2D eigenvalue weighted by molar-refractivity contribution is -0.143. The van der Waals surface area contributed by atoms with Crippen LogP contribution in [0, 0.1) is 4.91 Å². The number of carbonyl (C=O) groups excluding carboxylic acids is 1. The van der Waals surface area contributed by atoms with Crippen molar-refractivity contribution in [3.63, 3.8) is 0 Å². The van der Waals surface area contributed by atoms with E-state index in [1.807, 2.05) is 42.5 Å². The van der Waals surface area contributed by atoms with Crippen molar-refractivity contribution in [2.75, 3.05) is 13.9 Å². The molecule has 0 spiro atoms. The fourth-order valence-electron chi connectivity index (χ4n) is 4.09. The molecule has 3 heterocycles. The van der Waals surface area contributed by atoms with Gasteiger partial charge in [0.25, 0.3) is 0 Å². The molecular formula is C20H17N3O5. The molecule has 142 valence electrons. The summed E-state index contributed by atoms with van der Waals surface area (Å²) in [4.78, 5) is 24.1. The number of nitroso groups, excluding NO2 is 1. The number of aromatic nitrogens is 1. The Hall–Kier alpha value is -3.39. The molecule has 1 N–H and O–H groups in total. The lowest BCUT2D eigenvalue weighted by Crippen LogP contribution is -2.46. The van der Waals surface area contributed by atoms with E-state index in [0.717, 1.165) is 22.2 Å².